The minimum atomic E-state index is -0.717. The maximum atomic E-state index is 13.9. The summed E-state index contributed by atoms with van der Waals surface area (Å²) < 4.78 is 13.9. The van der Waals surface area contributed by atoms with E-state index in [-0.39, 0.29) is 11.4 Å². The van der Waals surface area contributed by atoms with Gasteiger partial charge in [-0.05, 0) is 26.0 Å². The third-order valence-electron chi connectivity index (χ3n) is 3.58. The number of anilines is 1. The Morgan fingerprint density at radius 3 is 2.48 bits per heavy atom. The number of nitrogens with one attached hydrogen (secondary N) is 1. The first kappa shape index (κ1) is 15.7. The Bertz CT molecular complexity index is 519. The molecule has 0 spiro atoms. The summed E-state index contributed by atoms with van der Waals surface area (Å²) in [5.41, 5.74) is 5.64. The molecule has 0 atom stereocenters. The van der Waals surface area contributed by atoms with Crippen LogP contribution in [0.1, 0.15) is 19.4 Å². The van der Waals surface area contributed by atoms with Gasteiger partial charge >= 0.3 is 0 Å². The van der Waals surface area contributed by atoms with Crippen molar-refractivity contribution in [2.24, 2.45) is 5.73 Å². The van der Waals surface area contributed by atoms with Crippen LogP contribution in [-0.2, 0) is 0 Å². The van der Waals surface area contributed by atoms with Gasteiger partial charge in [-0.3, -0.25) is 10.3 Å². The first-order chi connectivity index (χ1) is 9.78. The fourth-order valence-electron chi connectivity index (χ4n) is 2.74. The van der Waals surface area contributed by atoms with E-state index in [1.165, 1.54) is 6.07 Å². The molecular formula is C15H23FN4O. The summed E-state index contributed by atoms with van der Waals surface area (Å²) in [6, 6.07) is 4.76. The summed E-state index contributed by atoms with van der Waals surface area (Å²) >= 11 is 0. The highest BCUT2D eigenvalue weighted by atomic mass is 19.1. The molecule has 6 heteroatoms. The van der Waals surface area contributed by atoms with E-state index >= 15 is 0 Å². The van der Waals surface area contributed by atoms with Gasteiger partial charge in [-0.2, -0.15) is 0 Å². The fraction of sp³-hybridized carbons (Fsp3) is 0.533. The third-order valence-corrected chi connectivity index (χ3v) is 3.58. The summed E-state index contributed by atoms with van der Waals surface area (Å²) in [6.07, 6.45) is 0. The Morgan fingerprint density at radius 1 is 1.33 bits per heavy atom. The highest BCUT2D eigenvalue weighted by Gasteiger charge is 2.25. The lowest BCUT2D eigenvalue weighted by Crippen LogP contribution is -2.50. The molecule has 0 unspecified atom stereocenters. The Balaban J connectivity index is 2.10. The van der Waals surface area contributed by atoms with Gasteiger partial charge in [-0.15, -0.1) is 0 Å². The largest absolute Gasteiger partial charge is 0.389 e. The van der Waals surface area contributed by atoms with Crippen molar-refractivity contribution < 1.29 is 9.50 Å². The molecular weight excluding hydrogens is 271 g/mol. The molecule has 1 heterocycles. The summed E-state index contributed by atoms with van der Waals surface area (Å²) in [5, 5.41) is 17.4. The molecule has 1 aliphatic rings. The van der Waals surface area contributed by atoms with Crippen LogP contribution >= 0.6 is 0 Å². The Labute approximate surface area is 124 Å². The van der Waals surface area contributed by atoms with Crippen LogP contribution in [0.3, 0.4) is 0 Å². The second-order valence-electron chi connectivity index (χ2n) is 6.12. The topological polar surface area (TPSA) is 76.6 Å². The fourth-order valence-corrected chi connectivity index (χ4v) is 2.74. The van der Waals surface area contributed by atoms with Crippen LogP contribution in [0.25, 0.3) is 0 Å². The quantitative estimate of drug-likeness (QED) is 0.572. The van der Waals surface area contributed by atoms with Gasteiger partial charge in [0.05, 0.1) is 16.9 Å². The molecule has 2 rings (SSSR count). The zero-order valence-corrected chi connectivity index (χ0v) is 12.6. The highest BCUT2D eigenvalue weighted by Crippen LogP contribution is 2.24. The molecule has 4 N–H and O–H groups in total. The third kappa shape index (κ3) is 3.92. The molecule has 5 nitrogen and oxygen atoms in total. The van der Waals surface area contributed by atoms with Crippen molar-refractivity contribution in [3.63, 3.8) is 0 Å². The molecule has 0 aromatic heterocycles. The predicted molar refractivity (Wildman–Crippen MR) is 82.4 cm³/mol. The lowest BCUT2D eigenvalue weighted by Gasteiger charge is -2.39. The molecule has 0 aliphatic carbocycles. The first-order valence-electron chi connectivity index (χ1n) is 7.10. The standard InChI is InChI=1S/C15H23FN4O/c1-15(2,21)10-19-6-8-20(9-7-19)12-5-3-4-11(16)13(12)14(17)18/h3-5,21H,6-10H2,1-2H3,(H3,17,18). The Kier molecular flexibility index (Phi) is 4.49. The molecule has 1 fully saturated rings. The number of amidine groups is 1. The number of aliphatic hydroxyl groups is 1. The number of hydrogen-bond donors (Lipinski definition) is 3. The van der Waals surface area contributed by atoms with Crippen molar-refractivity contribution in [2.75, 3.05) is 37.6 Å². The smallest absolute Gasteiger partial charge is 0.136 e. The monoisotopic (exact) mass is 294 g/mol. The number of rotatable bonds is 4. The van der Waals surface area contributed by atoms with Gasteiger partial charge in [-0.25, -0.2) is 4.39 Å². The van der Waals surface area contributed by atoms with Gasteiger partial charge in [0.25, 0.3) is 0 Å². The van der Waals surface area contributed by atoms with Crippen molar-refractivity contribution in [1.82, 2.24) is 4.90 Å². The number of hydrogen-bond acceptors (Lipinski definition) is 4. The van der Waals surface area contributed by atoms with Crippen molar-refractivity contribution in [3.8, 4) is 0 Å². The highest BCUT2D eigenvalue weighted by molar-refractivity contribution is 6.00. The van der Waals surface area contributed by atoms with Gasteiger partial charge in [0.1, 0.15) is 11.7 Å². The van der Waals surface area contributed by atoms with Gasteiger partial charge < -0.3 is 15.7 Å². The minimum absolute atomic E-state index is 0.174. The normalized spacial score (nSPS) is 17.0. The average Bonchev–Trinajstić information content (AvgIpc) is 2.37. The van der Waals surface area contributed by atoms with Crippen molar-refractivity contribution >= 4 is 11.5 Å². The van der Waals surface area contributed by atoms with E-state index in [2.05, 4.69) is 4.90 Å². The minimum Gasteiger partial charge on any atom is -0.389 e. The lowest BCUT2D eigenvalue weighted by molar-refractivity contribution is 0.0345. The summed E-state index contributed by atoms with van der Waals surface area (Å²) in [6.45, 7) is 7.22. The number of nitrogen functional groups attached to an aromatic ring is 1. The van der Waals surface area contributed by atoms with Crippen LogP contribution in [0.2, 0.25) is 0 Å². The zero-order valence-electron chi connectivity index (χ0n) is 12.6. The molecule has 1 aliphatic heterocycles. The number of halogens is 1. The zero-order chi connectivity index (χ0) is 15.6. The molecule has 1 saturated heterocycles. The van der Waals surface area contributed by atoms with E-state index in [4.69, 9.17) is 11.1 Å². The molecule has 116 valence electrons. The van der Waals surface area contributed by atoms with Gasteiger partial charge in [0.2, 0.25) is 0 Å². The summed E-state index contributed by atoms with van der Waals surface area (Å²) in [4.78, 5) is 4.23. The predicted octanol–water partition coefficient (Wildman–Crippen LogP) is 1.00. The van der Waals surface area contributed by atoms with Crippen molar-refractivity contribution in [2.45, 2.75) is 19.4 Å². The van der Waals surface area contributed by atoms with Crippen molar-refractivity contribution in [3.05, 3.63) is 29.6 Å². The van der Waals surface area contributed by atoms with Crippen LogP contribution in [0, 0.1) is 11.2 Å². The Hall–Kier alpha value is -1.66. The van der Waals surface area contributed by atoms with Gasteiger partial charge in [-0.1, -0.05) is 6.07 Å². The van der Waals surface area contributed by atoms with Gasteiger partial charge in [0.15, 0.2) is 0 Å². The number of nitrogens with two attached hydrogens (primary N) is 1. The summed E-state index contributed by atoms with van der Waals surface area (Å²) in [7, 11) is 0. The second kappa shape index (κ2) is 5.99. The average molecular weight is 294 g/mol. The molecule has 21 heavy (non-hydrogen) atoms. The number of benzene rings is 1. The van der Waals surface area contributed by atoms with E-state index in [0.29, 0.717) is 12.2 Å². The lowest BCUT2D eigenvalue weighted by atomic mass is 10.1. The van der Waals surface area contributed by atoms with Crippen LogP contribution in [0.4, 0.5) is 10.1 Å². The van der Waals surface area contributed by atoms with Crippen LogP contribution < -0.4 is 10.6 Å². The van der Waals surface area contributed by atoms with E-state index in [1.807, 2.05) is 4.90 Å². The van der Waals surface area contributed by atoms with Crippen molar-refractivity contribution in [1.29, 1.82) is 5.41 Å². The Morgan fingerprint density at radius 2 is 1.95 bits per heavy atom. The van der Waals surface area contributed by atoms with Gasteiger partial charge in [0, 0.05) is 32.7 Å². The molecule has 1 aromatic carbocycles. The van der Waals surface area contributed by atoms with E-state index < -0.39 is 11.4 Å². The number of piperazine rings is 1. The molecule has 0 saturated carbocycles. The van der Waals surface area contributed by atoms with E-state index in [0.717, 1.165) is 26.2 Å². The number of nitrogens with zero attached hydrogens (tertiary/aromatic N) is 2. The first-order valence-corrected chi connectivity index (χ1v) is 7.10. The summed E-state index contributed by atoms with van der Waals surface area (Å²) in [5.74, 6) is -0.707. The van der Waals surface area contributed by atoms with E-state index in [9.17, 15) is 9.50 Å². The van der Waals surface area contributed by atoms with Crippen LogP contribution in [-0.4, -0.2) is 54.2 Å². The second-order valence-corrected chi connectivity index (χ2v) is 6.12. The molecule has 0 amide bonds. The van der Waals surface area contributed by atoms with E-state index in [1.54, 1.807) is 26.0 Å². The SMILES string of the molecule is CC(C)(O)CN1CCN(c2cccc(F)c2C(=N)N)CC1. The molecule has 0 radical (unpaired) electrons. The van der Waals surface area contributed by atoms with Crippen LogP contribution in [0.5, 0.6) is 0 Å². The van der Waals surface area contributed by atoms with Crippen LogP contribution in [0.15, 0.2) is 18.2 Å². The maximum Gasteiger partial charge on any atom is 0.136 e. The molecule has 0 bridgehead atoms. The maximum absolute atomic E-state index is 13.9. The number of β-amino-alcohol motifs (C(OH)–C–C–N with tert-alkyl or cyclic N) is 1. The molecule has 1 aromatic rings.